The number of thioether (sulfide) groups is 2. The first-order chi connectivity index (χ1) is 19.1. The van der Waals surface area contributed by atoms with E-state index in [9.17, 15) is 14.4 Å². The highest BCUT2D eigenvalue weighted by molar-refractivity contribution is 8.00. The number of ketones is 1. The maximum absolute atomic E-state index is 11.4. The lowest BCUT2D eigenvalue weighted by Gasteiger charge is -2.02. The molecule has 12 heteroatoms. The summed E-state index contributed by atoms with van der Waals surface area (Å²) in [5.74, 6) is 0.401. The lowest BCUT2D eigenvalue weighted by Crippen LogP contribution is -2.12. The Hall–Kier alpha value is -2.27. The Kier molecular flexibility index (Phi) is 16.1. The molecule has 4 aromatic rings. The van der Waals surface area contributed by atoms with E-state index in [1.54, 1.807) is 36.9 Å². The zero-order valence-electron chi connectivity index (χ0n) is 21.4. The van der Waals surface area contributed by atoms with Gasteiger partial charge >= 0.3 is 5.97 Å². The molecule has 212 valence electrons. The number of esters is 1. The molecular weight excluding hydrogens is 631 g/mol. The molecule has 0 atom stereocenters. The van der Waals surface area contributed by atoms with Crippen LogP contribution in [0.2, 0.25) is 15.1 Å². The van der Waals surface area contributed by atoms with Gasteiger partial charge in [0, 0.05) is 47.3 Å². The van der Waals surface area contributed by atoms with Crippen LogP contribution in [0, 0.1) is 0 Å². The van der Waals surface area contributed by atoms with Crippen molar-refractivity contribution < 1.29 is 14.3 Å². The molecular formula is C28H27Cl3N2O4S3. The number of nitrogens with one attached hydrogen (secondary N) is 2. The molecule has 0 aliphatic carbocycles. The third-order valence-corrected chi connectivity index (χ3v) is 7.73. The average molecular weight is 658 g/mol. The van der Waals surface area contributed by atoms with Crippen molar-refractivity contribution in [2.45, 2.75) is 33.8 Å². The Morgan fingerprint density at radius 1 is 0.800 bits per heavy atom. The Morgan fingerprint density at radius 2 is 1.30 bits per heavy atom. The van der Waals surface area contributed by atoms with Crippen molar-refractivity contribution in [2.24, 2.45) is 0 Å². The Balaban J connectivity index is 0.000000223. The summed E-state index contributed by atoms with van der Waals surface area (Å²) in [6.45, 7) is 2.02. The van der Waals surface area contributed by atoms with E-state index in [1.807, 2.05) is 60.7 Å². The third-order valence-electron chi connectivity index (χ3n) is 4.55. The van der Waals surface area contributed by atoms with E-state index in [2.05, 4.69) is 22.8 Å². The number of thiol groups is 1. The first-order valence-corrected chi connectivity index (χ1v) is 15.3. The molecule has 0 aliphatic rings. The van der Waals surface area contributed by atoms with Crippen LogP contribution in [0.5, 0.6) is 0 Å². The summed E-state index contributed by atoms with van der Waals surface area (Å²) in [6, 6.07) is 23.7. The van der Waals surface area contributed by atoms with Gasteiger partial charge in [0.2, 0.25) is 0 Å². The normalized spacial score (nSPS) is 10.0. The molecule has 0 saturated heterocycles. The molecule has 1 heterocycles. The quantitative estimate of drug-likeness (QED) is 0.0727. The number of ether oxygens (including phenoxy) is 1. The molecule has 0 aliphatic heterocycles. The lowest BCUT2D eigenvalue weighted by atomic mass is 10.3. The Labute approximate surface area is 261 Å². The van der Waals surface area contributed by atoms with Gasteiger partial charge in [-0.1, -0.05) is 34.8 Å². The van der Waals surface area contributed by atoms with Crippen molar-refractivity contribution in [1.82, 2.24) is 10.2 Å². The molecule has 6 nitrogen and oxygen atoms in total. The predicted molar refractivity (Wildman–Crippen MR) is 170 cm³/mol. The van der Waals surface area contributed by atoms with Crippen LogP contribution in [0.15, 0.2) is 98.3 Å². The van der Waals surface area contributed by atoms with Gasteiger partial charge in [0.05, 0.1) is 12.4 Å². The monoisotopic (exact) mass is 656 g/mol. The van der Waals surface area contributed by atoms with E-state index in [1.165, 1.54) is 11.8 Å². The second-order valence-corrected chi connectivity index (χ2v) is 11.7. The van der Waals surface area contributed by atoms with E-state index in [0.717, 1.165) is 36.2 Å². The van der Waals surface area contributed by atoms with E-state index in [0.29, 0.717) is 11.6 Å². The molecule has 1 aromatic heterocycles. The molecule has 0 radical (unpaired) electrons. The van der Waals surface area contributed by atoms with Gasteiger partial charge in [0.25, 0.3) is 5.56 Å². The molecule has 2 N–H and O–H groups in total. The summed E-state index contributed by atoms with van der Waals surface area (Å²) in [5, 5.41) is 7.44. The van der Waals surface area contributed by atoms with Crippen LogP contribution in [0.3, 0.4) is 0 Å². The van der Waals surface area contributed by atoms with Crippen molar-refractivity contribution in [3.05, 3.63) is 110 Å². The molecule has 0 unspecified atom stereocenters. The topological polar surface area (TPSA) is 92.0 Å². The molecule has 0 fully saturated rings. The van der Waals surface area contributed by atoms with Crippen LogP contribution in [-0.2, 0) is 20.1 Å². The van der Waals surface area contributed by atoms with E-state index in [4.69, 9.17) is 39.5 Å². The Morgan fingerprint density at radius 3 is 1.75 bits per heavy atom. The van der Waals surface area contributed by atoms with E-state index < -0.39 is 5.97 Å². The first kappa shape index (κ1) is 33.9. The average Bonchev–Trinajstić information content (AvgIpc) is 3.35. The smallest absolute Gasteiger partial charge is 0.313 e. The minimum Gasteiger partial charge on any atom is -0.466 e. The molecule has 40 heavy (non-hydrogen) atoms. The highest BCUT2D eigenvalue weighted by atomic mass is 35.5. The van der Waals surface area contributed by atoms with E-state index in [-0.39, 0.29) is 23.5 Å². The largest absolute Gasteiger partial charge is 0.466 e. The summed E-state index contributed by atoms with van der Waals surface area (Å²) in [7, 11) is 0. The maximum Gasteiger partial charge on any atom is 0.313 e. The van der Waals surface area contributed by atoms with E-state index >= 15 is 0 Å². The number of hydrogen-bond donors (Lipinski definition) is 3. The summed E-state index contributed by atoms with van der Waals surface area (Å²) in [6.07, 6.45) is -0.158. The van der Waals surface area contributed by atoms with Gasteiger partial charge in [-0.25, -0.2) is 0 Å². The summed E-state index contributed by atoms with van der Waals surface area (Å²) in [4.78, 5) is 36.3. The fourth-order valence-electron chi connectivity index (χ4n) is 2.70. The van der Waals surface area contributed by atoms with Gasteiger partial charge in [-0.15, -0.1) is 36.2 Å². The fourth-order valence-corrected chi connectivity index (χ4v) is 4.79. The highest BCUT2D eigenvalue weighted by Crippen LogP contribution is 2.23. The second-order valence-electron chi connectivity index (χ2n) is 7.77. The third kappa shape index (κ3) is 14.9. The molecule has 0 spiro atoms. The van der Waals surface area contributed by atoms with Gasteiger partial charge in [0.15, 0.2) is 5.78 Å². The number of carbonyl (C=O) groups excluding carboxylic acids is 2. The lowest BCUT2D eigenvalue weighted by molar-refractivity contribution is -0.145. The van der Waals surface area contributed by atoms with Crippen molar-refractivity contribution in [3.63, 3.8) is 0 Å². The SMILES string of the molecule is CCOC(=O)CC(=O)CSc1ccc(Cl)cc1.O=c1cc(CSc2ccc(Cl)cc2)[nH][nH]1.Sc1ccc(Cl)cc1. The molecule has 0 bridgehead atoms. The summed E-state index contributed by atoms with van der Waals surface area (Å²) in [5.41, 5.74) is 0.793. The standard InChI is InChI=1S/C12H13ClO3S.C10H9ClN2OS.C6H5ClS/c1-2-16-12(15)7-10(14)8-17-11-5-3-9(13)4-6-11;11-7-1-3-9(4-2-7)15-6-8-5-10(14)13-12-8;7-5-1-3-6(8)4-2-5/h3-6H,2,7-8H2,1H3;1-5H,6H2,(H2,12,13,14);1-4,8H. The van der Waals surface area contributed by atoms with Crippen LogP contribution < -0.4 is 5.56 Å². The second kappa shape index (κ2) is 19.0. The number of aromatic nitrogens is 2. The first-order valence-electron chi connectivity index (χ1n) is 11.8. The molecule has 0 saturated carbocycles. The number of halogens is 3. The number of H-pyrrole nitrogens is 2. The number of Topliss-reactive ketones (excluding diaryl/α,β-unsaturated/α-hetero) is 1. The maximum atomic E-state index is 11.4. The van der Waals surface area contributed by atoms with Crippen LogP contribution >= 0.6 is 71.0 Å². The van der Waals surface area contributed by atoms with Gasteiger partial charge in [-0.2, -0.15) is 0 Å². The predicted octanol–water partition coefficient (Wildman–Crippen LogP) is 8.23. The minimum absolute atomic E-state index is 0.0956. The number of carbonyl (C=O) groups is 2. The van der Waals surface area contributed by atoms with Crippen molar-refractivity contribution in [2.75, 3.05) is 12.4 Å². The molecule has 0 amide bonds. The van der Waals surface area contributed by atoms with Gasteiger partial charge < -0.3 is 9.84 Å². The van der Waals surface area contributed by atoms with Gasteiger partial charge in [-0.3, -0.25) is 19.5 Å². The number of benzene rings is 3. The van der Waals surface area contributed by atoms with Crippen molar-refractivity contribution >= 4 is 82.7 Å². The number of rotatable bonds is 9. The van der Waals surface area contributed by atoms with Gasteiger partial charge in [-0.05, 0) is 79.7 Å². The minimum atomic E-state index is -0.464. The summed E-state index contributed by atoms with van der Waals surface area (Å²) >= 11 is 24.2. The number of aromatic amines is 2. The molecule has 3 aromatic carbocycles. The van der Waals surface area contributed by atoms with Crippen molar-refractivity contribution in [3.8, 4) is 0 Å². The van der Waals surface area contributed by atoms with Crippen molar-refractivity contribution in [1.29, 1.82) is 0 Å². The summed E-state index contributed by atoms with van der Waals surface area (Å²) < 4.78 is 4.69. The Bertz CT molecular complexity index is 1360. The zero-order valence-corrected chi connectivity index (χ0v) is 26.2. The number of hydrogen-bond acceptors (Lipinski definition) is 7. The van der Waals surface area contributed by atoms with Crippen LogP contribution in [-0.4, -0.2) is 34.3 Å². The van der Waals surface area contributed by atoms with Crippen LogP contribution in [0.25, 0.3) is 0 Å². The molecule has 4 rings (SSSR count). The van der Waals surface area contributed by atoms with Crippen LogP contribution in [0.1, 0.15) is 19.0 Å². The van der Waals surface area contributed by atoms with Crippen LogP contribution in [0.4, 0.5) is 0 Å². The van der Waals surface area contributed by atoms with Gasteiger partial charge in [0.1, 0.15) is 6.42 Å². The fraction of sp³-hybridized carbons (Fsp3) is 0.179. The zero-order chi connectivity index (χ0) is 29.3. The highest BCUT2D eigenvalue weighted by Gasteiger charge is 2.10.